The van der Waals surface area contributed by atoms with Crippen LogP contribution in [0.5, 0.6) is 17.2 Å². The van der Waals surface area contributed by atoms with Gasteiger partial charge in [0.15, 0.2) is 18.1 Å². The fourth-order valence-corrected chi connectivity index (χ4v) is 3.04. The van der Waals surface area contributed by atoms with Crippen molar-refractivity contribution in [3.8, 4) is 17.2 Å². The van der Waals surface area contributed by atoms with E-state index in [9.17, 15) is 14.4 Å². The Hall–Kier alpha value is -3.27. The lowest BCUT2D eigenvalue weighted by Gasteiger charge is -2.15. The molecule has 10 heteroatoms. The van der Waals surface area contributed by atoms with Crippen molar-refractivity contribution >= 4 is 34.1 Å². The number of methoxy groups -OCH3 is 3. The maximum atomic E-state index is 12.3. The standard InChI is InChI=1S/C17H18N2O7S/c1-23-11-5-4-9(13(24-2)14(11)25-3)17(22)26-8-12(20)19-16-10(15(18)21)6-7-27-16/h4-7H,8H2,1-3H3,(H2,18,21)(H,19,20). The molecule has 144 valence electrons. The molecule has 0 spiro atoms. The van der Waals surface area contributed by atoms with Gasteiger partial charge in [-0.1, -0.05) is 0 Å². The van der Waals surface area contributed by atoms with Crippen LogP contribution in [0.1, 0.15) is 20.7 Å². The van der Waals surface area contributed by atoms with E-state index in [1.165, 1.54) is 39.5 Å². The first-order valence-electron chi connectivity index (χ1n) is 7.56. The minimum atomic E-state index is -0.788. The first-order valence-corrected chi connectivity index (χ1v) is 8.44. The summed E-state index contributed by atoms with van der Waals surface area (Å²) in [5, 5.41) is 4.37. The van der Waals surface area contributed by atoms with Crippen molar-refractivity contribution < 1.29 is 33.3 Å². The summed E-state index contributed by atoms with van der Waals surface area (Å²) in [4.78, 5) is 35.6. The molecule has 0 fully saturated rings. The third-order valence-electron chi connectivity index (χ3n) is 3.44. The summed E-state index contributed by atoms with van der Waals surface area (Å²) in [6, 6.07) is 4.44. The van der Waals surface area contributed by atoms with Gasteiger partial charge in [-0.15, -0.1) is 11.3 Å². The van der Waals surface area contributed by atoms with Crippen molar-refractivity contribution in [3.05, 3.63) is 34.7 Å². The van der Waals surface area contributed by atoms with Crippen LogP contribution in [0.4, 0.5) is 5.00 Å². The lowest BCUT2D eigenvalue weighted by Crippen LogP contribution is -2.22. The third-order valence-corrected chi connectivity index (χ3v) is 4.27. The number of hydrogen-bond acceptors (Lipinski definition) is 8. The lowest BCUT2D eigenvalue weighted by molar-refractivity contribution is -0.119. The Bertz CT molecular complexity index is 863. The molecule has 0 saturated heterocycles. The Morgan fingerprint density at radius 3 is 2.30 bits per heavy atom. The average molecular weight is 394 g/mol. The number of ether oxygens (including phenoxy) is 4. The molecule has 1 heterocycles. The summed E-state index contributed by atoms with van der Waals surface area (Å²) in [5.41, 5.74) is 5.46. The van der Waals surface area contributed by atoms with Crippen LogP contribution in [0.25, 0.3) is 0 Å². The van der Waals surface area contributed by atoms with E-state index >= 15 is 0 Å². The molecule has 0 aliphatic carbocycles. The van der Waals surface area contributed by atoms with E-state index in [1.807, 2.05) is 0 Å². The maximum absolute atomic E-state index is 12.3. The van der Waals surface area contributed by atoms with Crippen molar-refractivity contribution in [1.29, 1.82) is 0 Å². The van der Waals surface area contributed by atoms with E-state index in [0.717, 1.165) is 11.3 Å². The summed E-state index contributed by atoms with van der Waals surface area (Å²) in [7, 11) is 4.22. The lowest BCUT2D eigenvalue weighted by atomic mass is 10.1. The van der Waals surface area contributed by atoms with Gasteiger partial charge in [-0.3, -0.25) is 9.59 Å². The second kappa shape index (κ2) is 8.90. The number of hydrogen-bond donors (Lipinski definition) is 2. The van der Waals surface area contributed by atoms with Crippen molar-refractivity contribution in [2.24, 2.45) is 5.73 Å². The van der Waals surface area contributed by atoms with Gasteiger partial charge in [-0.25, -0.2) is 4.79 Å². The van der Waals surface area contributed by atoms with Gasteiger partial charge in [0.1, 0.15) is 10.6 Å². The van der Waals surface area contributed by atoms with Gasteiger partial charge in [-0.05, 0) is 23.6 Å². The van der Waals surface area contributed by atoms with Gasteiger partial charge in [-0.2, -0.15) is 0 Å². The number of rotatable bonds is 8. The molecule has 0 bridgehead atoms. The number of nitrogens with two attached hydrogens (primary N) is 1. The summed E-state index contributed by atoms with van der Waals surface area (Å²) in [6.07, 6.45) is 0. The van der Waals surface area contributed by atoms with Gasteiger partial charge in [0, 0.05) is 0 Å². The largest absolute Gasteiger partial charge is 0.493 e. The SMILES string of the molecule is COc1ccc(C(=O)OCC(=O)Nc2sccc2C(N)=O)c(OC)c1OC. The molecule has 3 N–H and O–H groups in total. The number of thiophene rings is 1. The summed E-state index contributed by atoms with van der Waals surface area (Å²) >= 11 is 1.13. The van der Waals surface area contributed by atoms with Crippen LogP contribution >= 0.6 is 11.3 Å². The number of carbonyl (C=O) groups excluding carboxylic acids is 3. The fourth-order valence-electron chi connectivity index (χ4n) is 2.23. The first-order chi connectivity index (χ1) is 12.9. The van der Waals surface area contributed by atoms with Crippen LogP contribution in [-0.2, 0) is 9.53 Å². The molecule has 1 aromatic heterocycles. The molecule has 1 aromatic carbocycles. The second-order valence-corrected chi connectivity index (χ2v) is 5.95. The van der Waals surface area contributed by atoms with Crippen molar-refractivity contribution in [3.63, 3.8) is 0 Å². The maximum Gasteiger partial charge on any atom is 0.342 e. The number of anilines is 1. The summed E-state index contributed by atoms with van der Waals surface area (Å²) < 4.78 is 20.6. The fraction of sp³-hybridized carbons (Fsp3) is 0.235. The van der Waals surface area contributed by atoms with Gasteiger partial charge in [0.25, 0.3) is 11.8 Å². The Kier molecular flexibility index (Phi) is 6.61. The highest BCUT2D eigenvalue weighted by atomic mass is 32.1. The Labute approximate surface area is 159 Å². The van der Waals surface area contributed by atoms with Crippen molar-refractivity contribution in [2.75, 3.05) is 33.3 Å². The van der Waals surface area contributed by atoms with Gasteiger partial charge in [0.2, 0.25) is 5.75 Å². The first kappa shape index (κ1) is 20.0. The normalized spacial score (nSPS) is 10.0. The predicted molar refractivity (Wildman–Crippen MR) is 97.8 cm³/mol. The molecule has 2 amide bonds. The minimum absolute atomic E-state index is 0.0666. The molecule has 2 aromatic rings. The molecule has 0 radical (unpaired) electrons. The van der Waals surface area contributed by atoms with Crippen molar-refractivity contribution in [2.45, 2.75) is 0 Å². The Morgan fingerprint density at radius 1 is 1.00 bits per heavy atom. The second-order valence-electron chi connectivity index (χ2n) is 5.03. The zero-order chi connectivity index (χ0) is 20.0. The van der Waals surface area contributed by atoms with Crippen molar-refractivity contribution in [1.82, 2.24) is 0 Å². The van der Waals surface area contributed by atoms with E-state index in [4.69, 9.17) is 24.7 Å². The van der Waals surface area contributed by atoms with E-state index in [-0.39, 0.29) is 27.6 Å². The highest BCUT2D eigenvalue weighted by Gasteiger charge is 2.22. The smallest absolute Gasteiger partial charge is 0.342 e. The monoisotopic (exact) mass is 394 g/mol. The van der Waals surface area contributed by atoms with Crippen LogP contribution in [0.15, 0.2) is 23.6 Å². The Morgan fingerprint density at radius 2 is 1.70 bits per heavy atom. The molecule has 0 aliphatic rings. The van der Waals surface area contributed by atoms with Gasteiger partial charge in [0.05, 0.1) is 26.9 Å². The highest BCUT2D eigenvalue weighted by molar-refractivity contribution is 7.14. The number of primary amides is 1. The third kappa shape index (κ3) is 4.47. The van der Waals surface area contributed by atoms with Crippen LogP contribution in [0.2, 0.25) is 0 Å². The predicted octanol–water partition coefficient (Wildman–Crippen LogP) is 1.67. The van der Waals surface area contributed by atoms with E-state index in [0.29, 0.717) is 5.75 Å². The number of nitrogens with one attached hydrogen (secondary N) is 1. The zero-order valence-electron chi connectivity index (χ0n) is 14.9. The molecule has 9 nitrogen and oxygen atoms in total. The zero-order valence-corrected chi connectivity index (χ0v) is 15.7. The molecule has 0 atom stereocenters. The molecule has 27 heavy (non-hydrogen) atoms. The van der Waals surface area contributed by atoms with E-state index < -0.39 is 24.4 Å². The van der Waals surface area contributed by atoms with Gasteiger partial charge >= 0.3 is 5.97 Å². The minimum Gasteiger partial charge on any atom is -0.493 e. The average Bonchev–Trinajstić information content (AvgIpc) is 3.12. The van der Waals surface area contributed by atoms with Crippen LogP contribution in [0, 0.1) is 0 Å². The molecule has 0 unspecified atom stereocenters. The van der Waals surface area contributed by atoms with Crippen LogP contribution in [-0.4, -0.2) is 45.7 Å². The van der Waals surface area contributed by atoms with E-state index in [1.54, 1.807) is 5.38 Å². The molecule has 0 aliphatic heterocycles. The van der Waals surface area contributed by atoms with Crippen LogP contribution < -0.4 is 25.3 Å². The molecule has 0 saturated carbocycles. The topological polar surface area (TPSA) is 126 Å². The van der Waals surface area contributed by atoms with Gasteiger partial charge < -0.3 is 30.0 Å². The molecular formula is C17H18N2O7S. The number of carbonyl (C=O) groups is 3. The highest BCUT2D eigenvalue weighted by Crippen LogP contribution is 2.39. The molecular weight excluding hydrogens is 376 g/mol. The number of amides is 2. The Balaban J connectivity index is 2.08. The quantitative estimate of drug-likeness (QED) is 0.652. The van der Waals surface area contributed by atoms with E-state index in [2.05, 4.69) is 5.32 Å². The number of benzene rings is 1. The number of esters is 1. The van der Waals surface area contributed by atoms with Crippen LogP contribution in [0.3, 0.4) is 0 Å². The summed E-state index contributed by atoms with van der Waals surface area (Å²) in [6.45, 7) is -0.563. The molecule has 2 rings (SSSR count). The summed E-state index contributed by atoms with van der Waals surface area (Å²) in [5.74, 6) is -1.35.